The molecule has 2 aliphatic heterocycles. The molecule has 0 bridgehead atoms. The molecule has 1 unspecified atom stereocenters. The predicted molar refractivity (Wildman–Crippen MR) is 73.8 cm³/mol. The highest BCUT2D eigenvalue weighted by atomic mass is 16.3. The van der Waals surface area contributed by atoms with Crippen LogP contribution in [-0.4, -0.2) is 62.3 Å². The largest absolute Gasteiger partial charge is 0.392 e. The lowest BCUT2D eigenvalue weighted by Gasteiger charge is -2.42. The maximum Gasteiger partial charge on any atom is 0.105 e. The lowest BCUT2D eigenvalue weighted by Crippen LogP contribution is -2.54. The molecule has 3 rings (SSSR count). The summed E-state index contributed by atoms with van der Waals surface area (Å²) in [5.74, 6) is 1.07. The van der Waals surface area contributed by atoms with E-state index >= 15 is 0 Å². The van der Waals surface area contributed by atoms with E-state index in [1.54, 1.807) is 0 Å². The summed E-state index contributed by atoms with van der Waals surface area (Å²) in [5, 5.41) is 9.80. The van der Waals surface area contributed by atoms with Gasteiger partial charge >= 0.3 is 0 Å². The van der Waals surface area contributed by atoms with Gasteiger partial charge in [-0.2, -0.15) is 0 Å². The zero-order valence-electron chi connectivity index (χ0n) is 12.1. The minimum atomic E-state index is -0.129. The van der Waals surface area contributed by atoms with E-state index in [9.17, 15) is 5.11 Å². The van der Waals surface area contributed by atoms with Crippen molar-refractivity contribution in [1.82, 2.24) is 19.4 Å². The quantitative estimate of drug-likeness (QED) is 0.838. The molecule has 2 saturated heterocycles. The summed E-state index contributed by atoms with van der Waals surface area (Å²) in [6.45, 7) is 8.26. The highest BCUT2D eigenvalue weighted by molar-refractivity contribution is 5.05. The number of piperazine rings is 1. The Kier molecular flexibility index (Phi) is 3.37. The molecule has 0 spiro atoms. The minimum Gasteiger partial charge on any atom is -0.392 e. The maximum atomic E-state index is 9.80. The summed E-state index contributed by atoms with van der Waals surface area (Å²) in [4.78, 5) is 9.34. The number of aliphatic hydroxyl groups is 1. The van der Waals surface area contributed by atoms with Crippen molar-refractivity contribution in [3.05, 3.63) is 17.7 Å². The van der Waals surface area contributed by atoms with E-state index in [1.807, 2.05) is 13.1 Å². The van der Waals surface area contributed by atoms with Gasteiger partial charge in [-0.05, 0) is 20.3 Å². The Bertz CT molecular complexity index is 458. The molecule has 106 valence electrons. The van der Waals surface area contributed by atoms with E-state index in [0.717, 1.165) is 38.4 Å². The van der Waals surface area contributed by atoms with Crippen LogP contribution in [0.3, 0.4) is 0 Å². The van der Waals surface area contributed by atoms with Crippen LogP contribution < -0.4 is 0 Å². The molecule has 3 atom stereocenters. The lowest BCUT2D eigenvalue weighted by molar-refractivity contribution is 0.0514. The molecular weight excluding hydrogens is 240 g/mol. The fraction of sp³-hybridized carbons (Fsp3) is 0.786. The van der Waals surface area contributed by atoms with Gasteiger partial charge in [0.25, 0.3) is 0 Å². The molecule has 2 fully saturated rings. The van der Waals surface area contributed by atoms with Gasteiger partial charge in [-0.1, -0.05) is 0 Å². The van der Waals surface area contributed by atoms with E-state index in [1.165, 1.54) is 5.69 Å². The Morgan fingerprint density at radius 3 is 2.84 bits per heavy atom. The Morgan fingerprint density at radius 1 is 1.37 bits per heavy atom. The van der Waals surface area contributed by atoms with E-state index in [-0.39, 0.29) is 6.10 Å². The molecule has 0 saturated carbocycles. The number of hydrogen-bond acceptors (Lipinski definition) is 4. The number of aryl methyl sites for hydroxylation is 1. The van der Waals surface area contributed by atoms with Crippen LogP contribution in [0.2, 0.25) is 0 Å². The first kappa shape index (κ1) is 13.1. The second-order valence-corrected chi connectivity index (χ2v) is 6.13. The third-order valence-electron chi connectivity index (χ3n) is 4.75. The number of imidazole rings is 1. The van der Waals surface area contributed by atoms with Gasteiger partial charge < -0.3 is 9.67 Å². The lowest BCUT2D eigenvalue weighted by atomic mass is 10.1. The highest BCUT2D eigenvalue weighted by Gasteiger charge is 2.38. The first-order valence-corrected chi connectivity index (χ1v) is 7.18. The molecule has 2 aliphatic rings. The molecule has 1 N–H and O–H groups in total. The number of aliphatic hydroxyl groups excluding tert-OH is 1. The van der Waals surface area contributed by atoms with Crippen molar-refractivity contribution >= 4 is 0 Å². The number of nitrogens with zero attached hydrogens (tertiary/aromatic N) is 4. The second kappa shape index (κ2) is 4.89. The second-order valence-electron chi connectivity index (χ2n) is 6.13. The van der Waals surface area contributed by atoms with E-state index in [4.69, 9.17) is 0 Å². The molecule has 1 aromatic heterocycles. The Morgan fingerprint density at radius 2 is 2.16 bits per heavy atom. The van der Waals surface area contributed by atoms with Gasteiger partial charge in [0.15, 0.2) is 0 Å². The summed E-state index contributed by atoms with van der Waals surface area (Å²) >= 11 is 0. The van der Waals surface area contributed by atoms with Crippen molar-refractivity contribution in [2.24, 2.45) is 7.05 Å². The summed E-state index contributed by atoms with van der Waals surface area (Å²) in [6, 6.07) is 1.07. The van der Waals surface area contributed by atoms with E-state index in [0.29, 0.717) is 12.1 Å². The molecule has 19 heavy (non-hydrogen) atoms. The van der Waals surface area contributed by atoms with Crippen molar-refractivity contribution in [2.75, 3.05) is 19.6 Å². The van der Waals surface area contributed by atoms with Crippen molar-refractivity contribution in [1.29, 1.82) is 0 Å². The zero-order chi connectivity index (χ0) is 13.6. The Labute approximate surface area is 114 Å². The first-order valence-electron chi connectivity index (χ1n) is 7.18. The molecule has 0 radical (unpaired) electrons. The average molecular weight is 264 g/mol. The summed E-state index contributed by atoms with van der Waals surface area (Å²) in [7, 11) is 2.08. The topological polar surface area (TPSA) is 44.5 Å². The van der Waals surface area contributed by atoms with Crippen LogP contribution in [0.5, 0.6) is 0 Å². The van der Waals surface area contributed by atoms with Crippen molar-refractivity contribution in [3.63, 3.8) is 0 Å². The fourth-order valence-corrected chi connectivity index (χ4v) is 3.40. The molecule has 3 heterocycles. The van der Waals surface area contributed by atoms with Crippen LogP contribution in [0.4, 0.5) is 0 Å². The van der Waals surface area contributed by atoms with Gasteiger partial charge in [0.05, 0.1) is 11.8 Å². The van der Waals surface area contributed by atoms with Crippen LogP contribution in [0.25, 0.3) is 0 Å². The van der Waals surface area contributed by atoms with Crippen LogP contribution in [-0.2, 0) is 13.6 Å². The van der Waals surface area contributed by atoms with Crippen LogP contribution >= 0.6 is 0 Å². The summed E-state index contributed by atoms with van der Waals surface area (Å²) in [6.07, 6.45) is 2.78. The molecule has 1 aromatic rings. The standard InChI is InChI=1S/C14H24N4O/c1-10-6-18-9-14(19)4-12(18)7-17(10)8-13-5-15-11(2)16(13)3/h5,10,12,14,19H,4,6-9H2,1-3H3/t10-,12?,14-/m1/s1. The molecule has 5 nitrogen and oxygen atoms in total. The van der Waals surface area contributed by atoms with Gasteiger partial charge in [-0.3, -0.25) is 9.80 Å². The average Bonchev–Trinajstić information content (AvgIpc) is 2.85. The first-order chi connectivity index (χ1) is 9.04. The number of aromatic nitrogens is 2. The monoisotopic (exact) mass is 264 g/mol. The van der Waals surface area contributed by atoms with Crippen LogP contribution in [0.1, 0.15) is 24.9 Å². The van der Waals surface area contributed by atoms with Gasteiger partial charge in [0.2, 0.25) is 0 Å². The highest BCUT2D eigenvalue weighted by Crippen LogP contribution is 2.26. The van der Waals surface area contributed by atoms with Crippen molar-refractivity contribution < 1.29 is 5.11 Å². The molecular formula is C14H24N4O. The Balaban J connectivity index is 1.70. The fourth-order valence-electron chi connectivity index (χ4n) is 3.40. The summed E-state index contributed by atoms with van der Waals surface area (Å²) < 4.78 is 2.17. The minimum absolute atomic E-state index is 0.129. The normalized spacial score (nSPS) is 32.7. The SMILES string of the molecule is Cc1ncc(CN2CC3C[C@@H](O)CN3C[C@H]2C)n1C. The predicted octanol–water partition coefficient (Wildman–Crippen LogP) is 0.368. The number of fused-ring (bicyclic) bond motifs is 1. The van der Waals surface area contributed by atoms with Gasteiger partial charge in [0, 0.05) is 51.5 Å². The summed E-state index contributed by atoms with van der Waals surface area (Å²) in [5.41, 5.74) is 1.27. The maximum absolute atomic E-state index is 9.80. The van der Waals surface area contributed by atoms with Gasteiger partial charge in [0.1, 0.15) is 5.82 Å². The third kappa shape index (κ3) is 2.42. The molecule has 0 aromatic carbocycles. The Hall–Kier alpha value is -0.910. The number of hydrogen-bond donors (Lipinski definition) is 1. The smallest absolute Gasteiger partial charge is 0.105 e. The molecule has 0 aliphatic carbocycles. The van der Waals surface area contributed by atoms with E-state index in [2.05, 4.69) is 33.3 Å². The third-order valence-corrected chi connectivity index (χ3v) is 4.75. The zero-order valence-corrected chi connectivity index (χ0v) is 12.1. The molecule has 5 heteroatoms. The molecule has 0 amide bonds. The van der Waals surface area contributed by atoms with Crippen molar-refractivity contribution in [2.45, 2.75) is 45.0 Å². The number of rotatable bonds is 2. The van der Waals surface area contributed by atoms with Crippen LogP contribution in [0, 0.1) is 6.92 Å². The van der Waals surface area contributed by atoms with Crippen LogP contribution in [0.15, 0.2) is 6.20 Å². The van der Waals surface area contributed by atoms with E-state index < -0.39 is 0 Å². The van der Waals surface area contributed by atoms with Gasteiger partial charge in [-0.15, -0.1) is 0 Å². The van der Waals surface area contributed by atoms with Gasteiger partial charge in [-0.25, -0.2) is 4.98 Å². The van der Waals surface area contributed by atoms with Crippen molar-refractivity contribution in [3.8, 4) is 0 Å².